The Labute approximate surface area is 54.3 Å². The van der Waals surface area contributed by atoms with E-state index in [2.05, 4.69) is 0 Å². The third-order valence-electron chi connectivity index (χ3n) is 2.07. The van der Waals surface area contributed by atoms with Gasteiger partial charge in [-0.05, 0) is 19.8 Å². The van der Waals surface area contributed by atoms with E-state index in [-0.39, 0.29) is 5.92 Å². The van der Waals surface area contributed by atoms with Gasteiger partial charge in [0.1, 0.15) is 0 Å². The molecule has 0 aromatic carbocycles. The summed E-state index contributed by atoms with van der Waals surface area (Å²) in [6, 6.07) is 0. The molecule has 0 aromatic heterocycles. The van der Waals surface area contributed by atoms with Crippen LogP contribution in [0.1, 0.15) is 32.6 Å². The van der Waals surface area contributed by atoms with Gasteiger partial charge in [0, 0.05) is 5.92 Å². The molecule has 0 radical (unpaired) electrons. The predicted molar refractivity (Wildman–Crippen MR) is 32.6 cm³/mol. The van der Waals surface area contributed by atoms with Crippen LogP contribution in [0.15, 0.2) is 0 Å². The molecule has 0 heterocycles. The molecule has 1 saturated carbocycles. The molecule has 1 aliphatic rings. The van der Waals surface area contributed by atoms with Crippen LogP contribution in [0.5, 0.6) is 0 Å². The third kappa shape index (κ3) is 1.63. The van der Waals surface area contributed by atoms with Gasteiger partial charge in [-0.25, -0.2) is 8.78 Å². The van der Waals surface area contributed by atoms with Crippen molar-refractivity contribution >= 4 is 0 Å². The predicted octanol–water partition coefficient (Wildman–Crippen LogP) is 2.83. The monoisotopic (exact) mass is 134 g/mol. The van der Waals surface area contributed by atoms with E-state index in [4.69, 9.17) is 0 Å². The Morgan fingerprint density at radius 1 is 1.22 bits per heavy atom. The fourth-order valence-corrected chi connectivity index (χ4v) is 1.43. The van der Waals surface area contributed by atoms with E-state index in [9.17, 15) is 8.78 Å². The summed E-state index contributed by atoms with van der Waals surface area (Å²) in [5, 5.41) is 0. The van der Waals surface area contributed by atoms with Crippen molar-refractivity contribution in [1.82, 2.24) is 0 Å². The highest BCUT2D eigenvalue weighted by molar-refractivity contribution is 4.77. The molecule has 0 saturated heterocycles. The van der Waals surface area contributed by atoms with Crippen molar-refractivity contribution in [2.45, 2.75) is 38.5 Å². The largest absolute Gasteiger partial charge is 0.248 e. The quantitative estimate of drug-likeness (QED) is 0.517. The molecule has 0 N–H and O–H groups in total. The number of alkyl halides is 2. The zero-order chi connectivity index (χ0) is 6.91. The SMILES string of the molecule is CC(F)(F)C1CCCC1. The van der Waals surface area contributed by atoms with Crippen LogP contribution in [-0.2, 0) is 0 Å². The van der Waals surface area contributed by atoms with Crippen molar-refractivity contribution in [3.8, 4) is 0 Å². The van der Waals surface area contributed by atoms with E-state index in [0.29, 0.717) is 0 Å². The molecule has 1 fully saturated rings. The van der Waals surface area contributed by atoms with Gasteiger partial charge in [-0.15, -0.1) is 0 Å². The van der Waals surface area contributed by atoms with Gasteiger partial charge >= 0.3 is 0 Å². The molecule has 1 aliphatic carbocycles. The minimum Gasteiger partial charge on any atom is -0.207 e. The van der Waals surface area contributed by atoms with E-state index in [0.717, 1.165) is 32.6 Å². The Morgan fingerprint density at radius 3 is 1.89 bits per heavy atom. The lowest BCUT2D eigenvalue weighted by atomic mass is 10.0. The summed E-state index contributed by atoms with van der Waals surface area (Å²) in [5.74, 6) is -2.74. The molecule has 1 rings (SSSR count). The molecule has 54 valence electrons. The van der Waals surface area contributed by atoms with Gasteiger partial charge in [0.15, 0.2) is 0 Å². The average Bonchev–Trinajstić information content (AvgIpc) is 2.08. The molecular weight excluding hydrogens is 122 g/mol. The summed E-state index contributed by atoms with van der Waals surface area (Å²) in [6.45, 7) is 1.03. The summed E-state index contributed by atoms with van der Waals surface area (Å²) in [4.78, 5) is 0. The molecule has 0 nitrogen and oxygen atoms in total. The summed E-state index contributed by atoms with van der Waals surface area (Å²) in [6.07, 6.45) is 3.44. The number of hydrogen-bond donors (Lipinski definition) is 0. The van der Waals surface area contributed by atoms with Crippen LogP contribution in [0.2, 0.25) is 0 Å². The average molecular weight is 134 g/mol. The highest BCUT2D eigenvalue weighted by atomic mass is 19.3. The van der Waals surface area contributed by atoms with Crippen LogP contribution in [0.4, 0.5) is 8.78 Å². The lowest BCUT2D eigenvalue weighted by Crippen LogP contribution is -2.20. The number of hydrogen-bond acceptors (Lipinski definition) is 0. The Bertz CT molecular complexity index is 87.6. The molecule has 0 aromatic rings. The maximum absolute atomic E-state index is 12.4. The minimum absolute atomic E-state index is 0.322. The molecular formula is C7H12F2. The first kappa shape index (κ1) is 6.97. The Morgan fingerprint density at radius 2 is 1.67 bits per heavy atom. The first-order chi connectivity index (χ1) is 4.11. The van der Waals surface area contributed by atoms with Crippen molar-refractivity contribution in [2.24, 2.45) is 5.92 Å². The number of halogens is 2. The Balaban J connectivity index is 2.42. The summed E-state index contributed by atoms with van der Waals surface area (Å²) in [5.41, 5.74) is 0. The molecule has 9 heavy (non-hydrogen) atoms. The summed E-state index contributed by atoms with van der Waals surface area (Å²) < 4.78 is 24.9. The Kier molecular flexibility index (Phi) is 1.73. The molecule has 0 spiro atoms. The van der Waals surface area contributed by atoms with Crippen molar-refractivity contribution in [1.29, 1.82) is 0 Å². The Hall–Kier alpha value is -0.140. The van der Waals surface area contributed by atoms with Gasteiger partial charge in [-0.2, -0.15) is 0 Å². The molecule has 0 amide bonds. The standard InChI is InChI=1S/C7H12F2/c1-7(8,9)6-4-2-3-5-6/h6H,2-5H2,1H3. The van der Waals surface area contributed by atoms with Crippen LogP contribution in [0.3, 0.4) is 0 Å². The van der Waals surface area contributed by atoms with Crippen LogP contribution in [-0.4, -0.2) is 5.92 Å². The van der Waals surface area contributed by atoms with Gasteiger partial charge < -0.3 is 0 Å². The molecule has 0 aliphatic heterocycles. The van der Waals surface area contributed by atoms with E-state index < -0.39 is 5.92 Å². The molecule has 0 unspecified atom stereocenters. The summed E-state index contributed by atoms with van der Waals surface area (Å²) >= 11 is 0. The van der Waals surface area contributed by atoms with Gasteiger partial charge in [0.2, 0.25) is 5.92 Å². The fourth-order valence-electron chi connectivity index (χ4n) is 1.43. The van der Waals surface area contributed by atoms with Crippen LogP contribution in [0, 0.1) is 5.92 Å². The lowest BCUT2D eigenvalue weighted by Gasteiger charge is -2.16. The highest BCUT2D eigenvalue weighted by Gasteiger charge is 2.35. The third-order valence-corrected chi connectivity index (χ3v) is 2.07. The van der Waals surface area contributed by atoms with Crippen molar-refractivity contribution in [3.05, 3.63) is 0 Å². The smallest absolute Gasteiger partial charge is 0.207 e. The second-order valence-electron chi connectivity index (χ2n) is 2.94. The molecule has 0 bridgehead atoms. The van der Waals surface area contributed by atoms with Gasteiger partial charge in [0.25, 0.3) is 0 Å². The van der Waals surface area contributed by atoms with Gasteiger partial charge in [0.05, 0.1) is 0 Å². The van der Waals surface area contributed by atoms with E-state index >= 15 is 0 Å². The van der Waals surface area contributed by atoms with Crippen LogP contribution >= 0.6 is 0 Å². The van der Waals surface area contributed by atoms with Crippen molar-refractivity contribution in [3.63, 3.8) is 0 Å². The van der Waals surface area contributed by atoms with E-state index in [1.165, 1.54) is 0 Å². The normalized spacial score (nSPS) is 23.0. The van der Waals surface area contributed by atoms with Crippen molar-refractivity contribution < 1.29 is 8.78 Å². The second kappa shape index (κ2) is 2.24. The van der Waals surface area contributed by atoms with Gasteiger partial charge in [-0.1, -0.05) is 12.8 Å². The molecule has 2 heteroatoms. The maximum atomic E-state index is 12.4. The van der Waals surface area contributed by atoms with E-state index in [1.54, 1.807) is 0 Å². The number of rotatable bonds is 1. The van der Waals surface area contributed by atoms with Crippen LogP contribution < -0.4 is 0 Å². The van der Waals surface area contributed by atoms with Crippen molar-refractivity contribution in [2.75, 3.05) is 0 Å². The first-order valence-corrected chi connectivity index (χ1v) is 3.48. The second-order valence-corrected chi connectivity index (χ2v) is 2.94. The lowest BCUT2D eigenvalue weighted by molar-refractivity contribution is -0.0366. The zero-order valence-electron chi connectivity index (χ0n) is 5.66. The summed E-state index contributed by atoms with van der Waals surface area (Å²) in [7, 11) is 0. The first-order valence-electron chi connectivity index (χ1n) is 3.48. The van der Waals surface area contributed by atoms with Gasteiger partial charge in [-0.3, -0.25) is 0 Å². The maximum Gasteiger partial charge on any atom is 0.248 e. The fraction of sp³-hybridized carbons (Fsp3) is 1.00. The van der Waals surface area contributed by atoms with Crippen LogP contribution in [0.25, 0.3) is 0 Å². The van der Waals surface area contributed by atoms with E-state index in [1.807, 2.05) is 0 Å². The minimum atomic E-state index is -2.42. The topological polar surface area (TPSA) is 0 Å². The highest BCUT2D eigenvalue weighted by Crippen LogP contribution is 2.36. The molecule has 0 atom stereocenters. The zero-order valence-corrected chi connectivity index (χ0v) is 5.66.